The lowest BCUT2D eigenvalue weighted by Crippen LogP contribution is -2.37. The molecule has 0 saturated carbocycles. The van der Waals surface area contributed by atoms with E-state index in [0.717, 1.165) is 39.9 Å². The van der Waals surface area contributed by atoms with Gasteiger partial charge in [0.15, 0.2) is 5.82 Å². The minimum absolute atomic E-state index is 0.193. The summed E-state index contributed by atoms with van der Waals surface area (Å²) < 4.78 is 7.36. The fourth-order valence-electron chi connectivity index (χ4n) is 3.49. The van der Waals surface area contributed by atoms with Gasteiger partial charge < -0.3 is 4.74 Å². The first kappa shape index (κ1) is 20.2. The van der Waals surface area contributed by atoms with Crippen molar-refractivity contribution in [2.24, 2.45) is 5.10 Å². The molecule has 4 rings (SSSR count). The Morgan fingerprint density at radius 3 is 2.83 bits per heavy atom. The van der Waals surface area contributed by atoms with E-state index in [1.165, 1.54) is 0 Å². The van der Waals surface area contributed by atoms with Gasteiger partial charge in [-0.2, -0.15) is 9.78 Å². The minimum atomic E-state index is -0.540. The Morgan fingerprint density at radius 2 is 2.10 bits per heavy atom. The Hall–Kier alpha value is -2.06. The monoisotopic (exact) mass is 433 g/mol. The number of hydrogen-bond acceptors (Lipinski definition) is 6. The van der Waals surface area contributed by atoms with Gasteiger partial charge in [-0.25, -0.2) is 4.79 Å². The predicted molar refractivity (Wildman–Crippen MR) is 114 cm³/mol. The number of amides is 1. The maximum Gasteiger partial charge on any atom is 0.410 e. The molecule has 0 radical (unpaired) electrons. The van der Waals surface area contributed by atoms with E-state index < -0.39 is 5.60 Å². The van der Waals surface area contributed by atoms with Gasteiger partial charge in [-0.3, -0.25) is 4.90 Å². The van der Waals surface area contributed by atoms with Gasteiger partial charge in [-0.05, 0) is 63.8 Å². The van der Waals surface area contributed by atoms with E-state index in [9.17, 15) is 4.79 Å². The molecule has 1 saturated heterocycles. The number of rotatable bonds is 2. The third-order valence-corrected chi connectivity index (χ3v) is 6.22. The molecule has 154 valence electrons. The maximum absolute atomic E-state index is 12.7. The molecular weight excluding hydrogens is 410 g/mol. The topological polar surface area (TPSA) is 72.6 Å². The summed E-state index contributed by atoms with van der Waals surface area (Å²) in [6.07, 6.45) is 1.39. The normalized spacial score (nSPS) is 19.1. The van der Waals surface area contributed by atoms with Crippen LogP contribution in [-0.2, 0) is 4.74 Å². The van der Waals surface area contributed by atoms with Crippen LogP contribution in [0.3, 0.4) is 0 Å². The number of hydrogen-bond donors (Lipinski definition) is 0. The van der Waals surface area contributed by atoms with Gasteiger partial charge in [-0.1, -0.05) is 29.4 Å². The van der Waals surface area contributed by atoms with Crippen LogP contribution in [0.2, 0.25) is 5.02 Å². The Labute approximate surface area is 179 Å². The number of fused-ring (bicyclic) bond motifs is 1. The second-order valence-electron chi connectivity index (χ2n) is 8.28. The number of aryl methyl sites for hydroxylation is 1. The molecule has 0 aliphatic carbocycles. The first-order valence-electron chi connectivity index (χ1n) is 9.65. The molecule has 1 unspecified atom stereocenters. The Bertz CT molecular complexity index is 982. The highest BCUT2D eigenvalue weighted by Crippen LogP contribution is 2.35. The van der Waals surface area contributed by atoms with Crippen molar-refractivity contribution in [2.45, 2.75) is 57.3 Å². The van der Waals surface area contributed by atoms with E-state index in [-0.39, 0.29) is 12.1 Å². The number of benzene rings is 1. The van der Waals surface area contributed by atoms with E-state index in [0.29, 0.717) is 18.1 Å². The number of halogens is 1. The van der Waals surface area contributed by atoms with Crippen molar-refractivity contribution in [2.75, 3.05) is 12.3 Å². The smallest absolute Gasteiger partial charge is 0.410 e. The highest BCUT2D eigenvalue weighted by molar-refractivity contribution is 7.99. The lowest BCUT2D eigenvalue weighted by molar-refractivity contribution is 0.0215. The van der Waals surface area contributed by atoms with Crippen molar-refractivity contribution in [3.05, 3.63) is 40.2 Å². The zero-order valence-electron chi connectivity index (χ0n) is 17.0. The lowest BCUT2D eigenvalue weighted by atomic mass is 10.1. The molecule has 0 bridgehead atoms. The zero-order valence-corrected chi connectivity index (χ0v) is 18.5. The summed E-state index contributed by atoms with van der Waals surface area (Å²) in [5.41, 5.74) is 2.44. The fourth-order valence-corrected chi connectivity index (χ4v) is 4.45. The van der Waals surface area contributed by atoms with Crippen molar-refractivity contribution in [3.8, 4) is 0 Å². The summed E-state index contributed by atoms with van der Waals surface area (Å²) in [6.45, 7) is 8.24. The van der Waals surface area contributed by atoms with Gasteiger partial charge in [-0.15, -0.1) is 10.2 Å². The number of aromatic nitrogens is 3. The number of ether oxygens (including phenoxy) is 1. The quantitative estimate of drug-likeness (QED) is 0.688. The lowest BCUT2D eigenvalue weighted by Gasteiger charge is -2.28. The van der Waals surface area contributed by atoms with Crippen LogP contribution in [0.1, 0.15) is 56.6 Å². The van der Waals surface area contributed by atoms with E-state index in [1.807, 2.05) is 45.9 Å². The number of thioether (sulfide) groups is 1. The fraction of sp³-hybridized carbons (Fsp3) is 0.500. The zero-order chi connectivity index (χ0) is 20.8. The molecule has 3 heterocycles. The average Bonchev–Trinajstić information content (AvgIpc) is 3.28. The van der Waals surface area contributed by atoms with Crippen molar-refractivity contribution >= 4 is 35.2 Å². The average molecular weight is 434 g/mol. The number of carbonyl (C=O) groups excluding carboxylic acids is 1. The first-order valence-corrected chi connectivity index (χ1v) is 11.0. The second kappa shape index (κ2) is 7.65. The van der Waals surface area contributed by atoms with Crippen LogP contribution in [0.15, 0.2) is 28.5 Å². The van der Waals surface area contributed by atoms with Gasteiger partial charge in [0.05, 0.1) is 11.8 Å². The summed E-state index contributed by atoms with van der Waals surface area (Å²) in [5, 5.41) is 15.0. The van der Waals surface area contributed by atoms with Crippen LogP contribution >= 0.6 is 23.4 Å². The molecule has 2 aliphatic rings. The van der Waals surface area contributed by atoms with E-state index in [4.69, 9.17) is 21.4 Å². The second-order valence-corrected chi connectivity index (χ2v) is 9.63. The molecule has 1 aromatic carbocycles. The van der Waals surface area contributed by atoms with Crippen molar-refractivity contribution in [3.63, 3.8) is 0 Å². The number of nitrogens with zero attached hydrogens (tertiary/aromatic N) is 5. The number of carbonyl (C=O) groups is 1. The largest absolute Gasteiger partial charge is 0.444 e. The summed E-state index contributed by atoms with van der Waals surface area (Å²) in [4.78, 5) is 14.4. The van der Waals surface area contributed by atoms with Crippen LogP contribution in [0, 0.1) is 6.92 Å². The van der Waals surface area contributed by atoms with Crippen LogP contribution < -0.4 is 0 Å². The van der Waals surface area contributed by atoms with Crippen LogP contribution in [-0.4, -0.2) is 49.5 Å². The predicted octanol–water partition coefficient (Wildman–Crippen LogP) is 4.67. The first-order chi connectivity index (χ1) is 13.7. The third kappa shape index (κ3) is 4.14. The summed E-state index contributed by atoms with van der Waals surface area (Å²) in [5.74, 6) is 1.39. The molecule has 0 spiro atoms. The van der Waals surface area contributed by atoms with E-state index in [2.05, 4.69) is 10.2 Å². The molecule has 1 amide bonds. The van der Waals surface area contributed by atoms with Crippen molar-refractivity contribution in [1.82, 2.24) is 19.8 Å². The van der Waals surface area contributed by atoms with Gasteiger partial charge in [0.1, 0.15) is 5.60 Å². The molecule has 9 heteroatoms. The minimum Gasteiger partial charge on any atom is -0.444 e. The van der Waals surface area contributed by atoms with Gasteiger partial charge in [0.25, 0.3) is 0 Å². The van der Waals surface area contributed by atoms with Gasteiger partial charge in [0, 0.05) is 17.3 Å². The van der Waals surface area contributed by atoms with Gasteiger partial charge in [0.2, 0.25) is 5.16 Å². The molecule has 2 aliphatic heterocycles. The molecule has 1 fully saturated rings. The summed E-state index contributed by atoms with van der Waals surface area (Å²) >= 11 is 7.76. The Kier molecular flexibility index (Phi) is 5.33. The van der Waals surface area contributed by atoms with Crippen molar-refractivity contribution < 1.29 is 9.53 Å². The highest BCUT2D eigenvalue weighted by Gasteiger charge is 2.37. The standard InChI is InChI=1S/C20H24ClN5O2S/c1-12-10-13(7-8-14(12)21)15-11-29-18-23-22-17(26(18)24-15)16-6-5-9-25(16)19(27)28-20(2,3)4/h7-8,10,16H,5-6,9,11H2,1-4H3. The third-order valence-electron chi connectivity index (χ3n) is 4.86. The Balaban J connectivity index is 1.65. The van der Waals surface area contributed by atoms with Crippen LogP contribution in [0.4, 0.5) is 4.79 Å². The summed E-state index contributed by atoms with van der Waals surface area (Å²) in [6, 6.07) is 5.72. The van der Waals surface area contributed by atoms with Crippen LogP contribution in [0.25, 0.3) is 0 Å². The molecule has 1 atom stereocenters. The highest BCUT2D eigenvalue weighted by atomic mass is 35.5. The molecule has 2 aromatic rings. The maximum atomic E-state index is 12.7. The SMILES string of the molecule is Cc1cc(C2=Nn3c(nnc3C3CCCN3C(=O)OC(C)(C)C)SC2)ccc1Cl. The van der Waals surface area contributed by atoms with Crippen molar-refractivity contribution in [1.29, 1.82) is 0 Å². The molecule has 7 nitrogen and oxygen atoms in total. The summed E-state index contributed by atoms with van der Waals surface area (Å²) in [7, 11) is 0. The Morgan fingerprint density at radius 1 is 1.31 bits per heavy atom. The molecule has 29 heavy (non-hydrogen) atoms. The van der Waals surface area contributed by atoms with E-state index >= 15 is 0 Å². The van der Waals surface area contributed by atoms with Gasteiger partial charge >= 0.3 is 6.09 Å². The number of likely N-dealkylation sites (tertiary alicyclic amines) is 1. The molecular formula is C20H24ClN5O2S. The molecule has 1 aromatic heterocycles. The van der Waals surface area contributed by atoms with Crippen LogP contribution in [0.5, 0.6) is 0 Å². The molecule has 0 N–H and O–H groups in total. The van der Waals surface area contributed by atoms with E-state index in [1.54, 1.807) is 21.3 Å².